The van der Waals surface area contributed by atoms with Crippen LogP contribution in [-0.4, -0.2) is 52.7 Å². The Hall–Kier alpha value is -1.43. The summed E-state index contributed by atoms with van der Waals surface area (Å²) in [5.74, 6) is 2.81. The van der Waals surface area contributed by atoms with E-state index in [1.807, 2.05) is 29.2 Å². The zero-order valence-electron chi connectivity index (χ0n) is 15.7. The first kappa shape index (κ1) is 18.4. The second-order valence-electron chi connectivity index (χ2n) is 8.10. The molecule has 1 unspecified atom stereocenters. The molecule has 0 radical (unpaired) electrons. The van der Waals surface area contributed by atoms with Gasteiger partial charge in [0.1, 0.15) is 0 Å². The first-order chi connectivity index (χ1) is 11.9. The Morgan fingerprint density at radius 1 is 1.36 bits per heavy atom. The van der Waals surface area contributed by atoms with Gasteiger partial charge in [-0.3, -0.25) is 9.59 Å². The van der Waals surface area contributed by atoms with Crippen LogP contribution in [0.4, 0.5) is 0 Å². The van der Waals surface area contributed by atoms with Gasteiger partial charge in [0.25, 0.3) is 0 Å². The maximum absolute atomic E-state index is 12.5. The summed E-state index contributed by atoms with van der Waals surface area (Å²) in [7, 11) is 1.92. The van der Waals surface area contributed by atoms with Gasteiger partial charge in [-0.1, -0.05) is 13.8 Å². The predicted octanol–water partition coefficient (Wildman–Crippen LogP) is 2.59. The van der Waals surface area contributed by atoms with Gasteiger partial charge in [-0.2, -0.15) is 4.37 Å². The van der Waals surface area contributed by atoms with Crippen molar-refractivity contribution >= 4 is 23.3 Å². The van der Waals surface area contributed by atoms with Crippen molar-refractivity contribution in [1.82, 2.24) is 14.2 Å². The number of fused-ring (bicyclic) bond motifs is 1. The van der Waals surface area contributed by atoms with Crippen molar-refractivity contribution in [2.45, 2.75) is 40.0 Å². The van der Waals surface area contributed by atoms with Crippen LogP contribution in [0.5, 0.6) is 0 Å². The van der Waals surface area contributed by atoms with Crippen molar-refractivity contribution < 1.29 is 9.59 Å². The smallest absolute Gasteiger partial charge is 0.227 e. The van der Waals surface area contributed by atoms with E-state index in [1.165, 1.54) is 11.5 Å². The monoisotopic (exact) mass is 363 g/mol. The van der Waals surface area contributed by atoms with E-state index < -0.39 is 0 Å². The Morgan fingerprint density at radius 3 is 2.60 bits per heavy atom. The van der Waals surface area contributed by atoms with Crippen LogP contribution < -0.4 is 0 Å². The first-order valence-corrected chi connectivity index (χ1v) is 10.1. The summed E-state index contributed by atoms with van der Waals surface area (Å²) < 4.78 is 4.24. The summed E-state index contributed by atoms with van der Waals surface area (Å²) in [5, 5.41) is 1.98. The van der Waals surface area contributed by atoms with E-state index >= 15 is 0 Å². The summed E-state index contributed by atoms with van der Waals surface area (Å²) >= 11 is 1.42. The molecule has 3 atom stereocenters. The summed E-state index contributed by atoms with van der Waals surface area (Å²) in [6.07, 6.45) is 2.08. The van der Waals surface area contributed by atoms with Crippen molar-refractivity contribution in [2.75, 3.05) is 26.7 Å². The fourth-order valence-electron chi connectivity index (χ4n) is 3.90. The highest BCUT2D eigenvalue weighted by Crippen LogP contribution is 2.52. The van der Waals surface area contributed by atoms with Crippen LogP contribution in [0, 0.1) is 30.6 Å². The number of aromatic nitrogens is 1. The van der Waals surface area contributed by atoms with E-state index in [0.29, 0.717) is 36.5 Å². The van der Waals surface area contributed by atoms with Gasteiger partial charge >= 0.3 is 0 Å². The Morgan fingerprint density at radius 2 is 2.04 bits per heavy atom. The zero-order chi connectivity index (χ0) is 18.1. The standard InChI is InChI=1S/C19H29N3O2S/c1-12(2)5-6-18(23)21(4)8-15-16-9-22(10-17(15)16)19(24)7-14-11-25-20-13(14)3/h11-12,15-17H,5-10H2,1-4H3/t15?,16-,17+. The number of carbonyl (C=O) groups is 2. The first-order valence-electron chi connectivity index (χ1n) is 9.28. The molecule has 2 aliphatic rings. The summed E-state index contributed by atoms with van der Waals surface area (Å²) in [6, 6.07) is 0. The number of piperidine rings is 1. The highest BCUT2D eigenvalue weighted by molar-refractivity contribution is 7.03. The minimum absolute atomic E-state index is 0.218. The van der Waals surface area contributed by atoms with E-state index in [-0.39, 0.29) is 11.8 Å². The Balaban J connectivity index is 1.41. The van der Waals surface area contributed by atoms with Crippen LogP contribution in [0.3, 0.4) is 0 Å². The quantitative estimate of drug-likeness (QED) is 0.748. The predicted molar refractivity (Wildman–Crippen MR) is 99.3 cm³/mol. The molecule has 1 saturated carbocycles. The van der Waals surface area contributed by atoms with Gasteiger partial charge in [-0.15, -0.1) is 0 Å². The van der Waals surface area contributed by atoms with Gasteiger partial charge in [-0.05, 0) is 54.1 Å². The zero-order valence-corrected chi connectivity index (χ0v) is 16.5. The van der Waals surface area contributed by atoms with Gasteiger partial charge in [-0.25, -0.2) is 0 Å². The molecule has 1 aromatic rings. The Kier molecular flexibility index (Phi) is 5.46. The molecule has 25 heavy (non-hydrogen) atoms. The van der Waals surface area contributed by atoms with E-state index in [1.54, 1.807) is 0 Å². The molecule has 0 bridgehead atoms. The van der Waals surface area contributed by atoms with Gasteiger partial charge in [0.15, 0.2) is 0 Å². The van der Waals surface area contributed by atoms with Crippen LogP contribution in [0.2, 0.25) is 0 Å². The number of aryl methyl sites for hydroxylation is 1. The molecule has 1 aliphatic carbocycles. The molecule has 2 heterocycles. The number of hydrogen-bond donors (Lipinski definition) is 0. The molecule has 5 nitrogen and oxygen atoms in total. The Bertz CT molecular complexity index is 630. The second kappa shape index (κ2) is 7.44. The van der Waals surface area contributed by atoms with Gasteiger partial charge in [0.05, 0.1) is 12.1 Å². The molecule has 0 aromatic carbocycles. The topological polar surface area (TPSA) is 53.5 Å². The van der Waals surface area contributed by atoms with Crippen LogP contribution in [-0.2, 0) is 16.0 Å². The summed E-state index contributed by atoms with van der Waals surface area (Å²) in [5.41, 5.74) is 2.03. The minimum Gasteiger partial charge on any atom is -0.345 e. The minimum atomic E-state index is 0.218. The van der Waals surface area contributed by atoms with Gasteiger partial charge in [0, 0.05) is 38.5 Å². The average molecular weight is 364 g/mol. The molecule has 0 spiro atoms. The van der Waals surface area contributed by atoms with E-state index in [4.69, 9.17) is 0 Å². The molecule has 6 heteroatoms. The summed E-state index contributed by atoms with van der Waals surface area (Å²) in [6.45, 7) is 8.83. The summed E-state index contributed by atoms with van der Waals surface area (Å²) in [4.78, 5) is 28.5. The largest absolute Gasteiger partial charge is 0.345 e. The maximum Gasteiger partial charge on any atom is 0.227 e. The number of carbonyl (C=O) groups excluding carboxylic acids is 2. The van der Waals surface area contributed by atoms with Crippen molar-refractivity contribution in [3.8, 4) is 0 Å². The second-order valence-corrected chi connectivity index (χ2v) is 8.73. The SMILES string of the molecule is Cc1nscc1CC(=O)N1C[C@@H]2C(CN(C)C(=O)CCC(C)C)[C@@H]2C1. The highest BCUT2D eigenvalue weighted by Gasteiger charge is 2.56. The highest BCUT2D eigenvalue weighted by atomic mass is 32.1. The third-order valence-corrected chi connectivity index (χ3v) is 6.53. The van der Waals surface area contributed by atoms with Crippen LogP contribution >= 0.6 is 11.5 Å². The van der Waals surface area contributed by atoms with Crippen molar-refractivity contribution in [1.29, 1.82) is 0 Å². The fraction of sp³-hybridized carbons (Fsp3) is 0.737. The number of amides is 2. The molecular weight excluding hydrogens is 334 g/mol. The number of hydrogen-bond acceptors (Lipinski definition) is 4. The Labute approximate surface area is 154 Å². The van der Waals surface area contributed by atoms with Crippen molar-refractivity contribution in [3.05, 3.63) is 16.6 Å². The average Bonchev–Trinajstić information content (AvgIpc) is 2.93. The molecule has 3 rings (SSSR count). The fourth-order valence-corrected chi connectivity index (χ4v) is 4.61. The number of rotatable bonds is 7. The molecule has 1 saturated heterocycles. The number of nitrogens with zero attached hydrogens (tertiary/aromatic N) is 3. The van der Waals surface area contributed by atoms with Crippen molar-refractivity contribution in [2.24, 2.45) is 23.7 Å². The molecule has 2 fully saturated rings. The van der Waals surface area contributed by atoms with E-state index in [0.717, 1.165) is 37.3 Å². The molecule has 138 valence electrons. The maximum atomic E-state index is 12.5. The van der Waals surface area contributed by atoms with Crippen LogP contribution in [0.15, 0.2) is 5.38 Å². The lowest BCUT2D eigenvalue weighted by Crippen LogP contribution is -2.35. The number of likely N-dealkylation sites (tertiary alicyclic amines) is 1. The third-order valence-electron chi connectivity index (χ3n) is 5.76. The lowest BCUT2D eigenvalue weighted by atomic mass is 10.1. The lowest BCUT2D eigenvalue weighted by molar-refractivity contribution is -0.132. The van der Waals surface area contributed by atoms with E-state index in [2.05, 4.69) is 18.2 Å². The van der Waals surface area contributed by atoms with Crippen molar-refractivity contribution in [3.63, 3.8) is 0 Å². The molecule has 1 aromatic heterocycles. The van der Waals surface area contributed by atoms with Crippen LogP contribution in [0.1, 0.15) is 37.9 Å². The molecular formula is C19H29N3O2S. The lowest BCUT2D eigenvalue weighted by Gasteiger charge is -2.23. The molecule has 0 N–H and O–H groups in total. The molecule has 1 aliphatic heterocycles. The van der Waals surface area contributed by atoms with E-state index in [9.17, 15) is 9.59 Å². The van der Waals surface area contributed by atoms with Gasteiger partial charge < -0.3 is 9.80 Å². The van der Waals surface area contributed by atoms with Gasteiger partial charge in [0.2, 0.25) is 11.8 Å². The van der Waals surface area contributed by atoms with Crippen LogP contribution in [0.25, 0.3) is 0 Å². The third kappa shape index (κ3) is 4.22. The normalized spacial score (nSPS) is 24.5. The molecule has 2 amide bonds.